The predicted molar refractivity (Wildman–Crippen MR) is 239 cm³/mol. The zero-order chi connectivity index (χ0) is 52.3. The molecule has 5 aromatic rings. The Hall–Kier alpha value is -6.73. The van der Waals surface area contributed by atoms with Gasteiger partial charge >= 0.3 is 36.3 Å². The number of nitrogens with one attached hydrogen (secondary N) is 2. The van der Waals surface area contributed by atoms with Gasteiger partial charge in [0.1, 0.15) is 35.8 Å². The molecule has 390 valence electrons. The molecule has 1 aliphatic heterocycles. The number of rotatable bonds is 23. The molecule has 3 heterocycles. The molecule has 1 saturated heterocycles. The number of nitrogens with zero attached hydrogens (tertiary/aromatic N) is 6. The third-order valence-corrected chi connectivity index (χ3v) is 11.7. The number of halogens is 9. The first-order chi connectivity index (χ1) is 34.2. The van der Waals surface area contributed by atoms with Gasteiger partial charge in [-0.15, -0.1) is 0 Å². The largest absolute Gasteiger partial charge is 0.497 e. The van der Waals surface area contributed by atoms with Crippen LogP contribution in [-0.4, -0.2) is 143 Å². The second-order valence-electron chi connectivity index (χ2n) is 16.5. The number of hydrogen-bond acceptors (Lipinski definition) is 12. The Bertz CT molecular complexity index is 2520. The van der Waals surface area contributed by atoms with Crippen LogP contribution in [0.5, 0.6) is 11.5 Å². The highest BCUT2D eigenvalue weighted by Gasteiger charge is 2.45. The van der Waals surface area contributed by atoms with Crippen LogP contribution in [0.15, 0.2) is 91.5 Å². The van der Waals surface area contributed by atoms with Gasteiger partial charge in [0.2, 0.25) is 0 Å². The molecule has 6 rings (SSSR count). The second-order valence-corrected chi connectivity index (χ2v) is 16.5. The summed E-state index contributed by atoms with van der Waals surface area (Å²) >= 11 is 0. The topological polar surface area (TPSA) is 182 Å². The minimum absolute atomic E-state index is 0.0387. The average Bonchev–Trinajstić information content (AvgIpc) is 3.96. The lowest BCUT2D eigenvalue weighted by Crippen LogP contribution is -2.44. The number of carbonyl (C=O) groups excluding carboxylic acids is 3. The van der Waals surface area contributed by atoms with E-state index >= 15 is 0 Å². The molecule has 0 unspecified atom stereocenters. The molecule has 0 bridgehead atoms. The molecule has 16 nitrogen and oxygen atoms in total. The molecule has 3 N–H and O–H groups in total. The minimum Gasteiger partial charge on any atom is -0.497 e. The smallest absolute Gasteiger partial charge is 0.471 e. The van der Waals surface area contributed by atoms with Gasteiger partial charge in [-0.2, -0.15) is 39.5 Å². The highest BCUT2D eigenvalue weighted by atomic mass is 19.4. The Morgan fingerprint density at radius 3 is 1.72 bits per heavy atom. The van der Waals surface area contributed by atoms with Gasteiger partial charge < -0.3 is 44.5 Å². The maximum Gasteiger partial charge on any atom is 0.471 e. The summed E-state index contributed by atoms with van der Waals surface area (Å²) in [6.07, 6.45) is -16.9. The number of aromatic nitrogens is 4. The number of aliphatic hydroxyl groups excluding tert-OH is 1. The van der Waals surface area contributed by atoms with Crippen LogP contribution in [0, 0.1) is 0 Å². The average molecular weight is 1030 g/mol. The number of unbranched alkanes of at least 4 members (excludes halogenated alkanes) is 1. The highest BCUT2D eigenvalue weighted by Crippen LogP contribution is 2.43. The van der Waals surface area contributed by atoms with Crippen molar-refractivity contribution in [3.8, 4) is 11.5 Å². The van der Waals surface area contributed by atoms with Crippen molar-refractivity contribution in [3.05, 3.63) is 108 Å². The first-order valence-corrected chi connectivity index (χ1v) is 22.5. The molecule has 3 aromatic carbocycles. The number of fused-ring (bicyclic) bond motifs is 1. The van der Waals surface area contributed by atoms with E-state index in [9.17, 15) is 59.0 Å². The second kappa shape index (κ2) is 23.7. The molecule has 0 saturated carbocycles. The lowest BCUT2D eigenvalue weighted by atomic mass is 9.80. The number of carbonyl (C=O) groups is 3. The summed E-state index contributed by atoms with van der Waals surface area (Å²) in [5.41, 5.74) is 1.67. The van der Waals surface area contributed by atoms with Gasteiger partial charge in [0.05, 0.1) is 33.3 Å². The molecule has 0 spiro atoms. The summed E-state index contributed by atoms with van der Waals surface area (Å²) in [6, 6.07) is 24.4. The van der Waals surface area contributed by atoms with Gasteiger partial charge in [-0.1, -0.05) is 54.6 Å². The van der Waals surface area contributed by atoms with Crippen molar-refractivity contribution in [2.24, 2.45) is 0 Å². The van der Waals surface area contributed by atoms with Gasteiger partial charge in [0, 0.05) is 45.7 Å². The first kappa shape index (κ1) is 54.6. The number of amides is 3. The number of anilines is 1. The van der Waals surface area contributed by atoms with Crippen molar-refractivity contribution in [3.63, 3.8) is 0 Å². The monoisotopic (exact) mass is 1030 g/mol. The Balaban J connectivity index is 1.08. The number of imidazole rings is 1. The van der Waals surface area contributed by atoms with Crippen LogP contribution >= 0.6 is 0 Å². The lowest BCUT2D eigenvalue weighted by Gasteiger charge is -2.37. The van der Waals surface area contributed by atoms with E-state index in [1.54, 1.807) is 18.8 Å². The van der Waals surface area contributed by atoms with Gasteiger partial charge in [-0.05, 0) is 66.6 Å². The Kier molecular flexibility index (Phi) is 17.9. The third-order valence-electron chi connectivity index (χ3n) is 11.7. The number of ether oxygens (including phenoxy) is 4. The van der Waals surface area contributed by atoms with Crippen LogP contribution in [0.4, 0.5) is 45.3 Å². The van der Waals surface area contributed by atoms with E-state index in [-0.39, 0.29) is 55.1 Å². The van der Waals surface area contributed by atoms with E-state index < -0.39 is 99.4 Å². The normalized spacial score (nSPS) is 16.4. The molecule has 72 heavy (non-hydrogen) atoms. The van der Waals surface area contributed by atoms with Gasteiger partial charge in [0.15, 0.2) is 17.0 Å². The standard InChI is InChI=1S/C47H51F9N8O8/c1-69-33-16-12-31(13-17-33)44(30-10-4-3-5-11-30,32-14-18-34(70-2)19-15-32)71-27-36-35(65)26-37(72-36)64-29-61-38-39(59-28-60-40(38)64)57-20-8-24-62(42(67)46(51,52)53)22-6-7-23-63(43(68)47(54,55)56)25-9-21-58-41(66)45(48,49)50/h3-5,10-19,28-29,35-37,65H,6-9,20-27H2,1-2H3,(H,58,66)(H,57,59,60)/t35-,36+,37+/m0/s1. The molecule has 0 aliphatic carbocycles. The molecular weight excluding hydrogens is 976 g/mol. The summed E-state index contributed by atoms with van der Waals surface area (Å²) in [7, 11) is 3.13. The van der Waals surface area contributed by atoms with Gasteiger partial charge in [-0.3, -0.25) is 19.0 Å². The van der Waals surface area contributed by atoms with E-state index in [4.69, 9.17) is 18.9 Å². The third kappa shape index (κ3) is 13.4. The summed E-state index contributed by atoms with van der Waals surface area (Å²) in [5, 5.41) is 15.9. The van der Waals surface area contributed by atoms with Gasteiger partial charge in [-0.25, -0.2) is 15.0 Å². The molecule has 3 amide bonds. The summed E-state index contributed by atoms with van der Waals surface area (Å²) in [4.78, 5) is 49.1. The zero-order valence-electron chi connectivity index (χ0n) is 38.8. The van der Waals surface area contributed by atoms with Crippen molar-refractivity contribution >= 4 is 34.7 Å². The number of methoxy groups -OCH3 is 2. The van der Waals surface area contributed by atoms with E-state index in [2.05, 4.69) is 20.3 Å². The summed E-state index contributed by atoms with van der Waals surface area (Å²) in [6.45, 7) is -3.23. The summed E-state index contributed by atoms with van der Waals surface area (Å²) in [5.74, 6) is -5.40. The maximum absolute atomic E-state index is 13.6. The molecular formula is C47H51F9N8O8. The number of alkyl halides is 9. The number of hydrogen-bond donors (Lipinski definition) is 3. The highest BCUT2D eigenvalue weighted by molar-refractivity contribution is 5.84. The van der Waals surface area contributed by atoms with Crippen LogP contribution in [0.3, 0.4) is 0 Å². The number of aliphatic hydroxyl groups is 1. The van der Waals surface area contributed by atoms with Crippen molar-refractivity contribution < 1.29 is 78.0 Å². The van der Waals surface area contributed by atoms with Crippen molar-refractivity contribution in [2.75, 3.05) is 65.4 Å². The van der Waals surface area contributed by atoms with Crippen LogP contribution < -0.4 is 20.1 Å². The molecule has 2 aromatic heterocycles. The fraction of sp³-hybridized carbons (Fsp3) is 0.447. The maximum atomic E-state index is 13.6. The van der Waals surface area contributed by atoms with Gasteiger partial charge in [0.25, 0.3) is 0 Å². The van der Waals surface area contributed by atoms with Crippen LogP contribution in [0.25, 0.3) is 11.2 Å². The van der Waals surface area contributed by atoms with Crippen LogP contribution in [0.2, 0.25) is 0 Å². The van der Waals surface area contributed by atoms with E-state index in [1.807, 2.05) is 78.9 Å². The minimum atomic E-state index is -5.37. The van der Waals surface area contributed by atoms with Crippen LogP contribution in [0.1, 0.15) is 55.0 Å². The summed E-state index contributed by atoms with van der Waals surface area (Å²) < 4.78 is 144. The van der Waals surface area contributed by atoms with Crippen molar-refractivity contribution in [1.29, 1.82) is 0 Å². The Morgan fingerprint density at radius 1 is 0.694 bits per heavy atom. The van der Waals surface area contributed by atoms with Crippen LogP contribution in [-0.2, 0) is 29.5 Å². The molecule has 0 radical (unpaired) electrons. The lowest BCUT2D eigenvalue weighted by molar-refractivity contribution is -0.186. The zero-order valence-corrected chi connectivity index (χ0v) is 38.8. The van der Waals surface area contributed by atoms with E-state index in [1.165, 1.54) is 18.0 Å². The molecule has 1 aliphatic rings. The van der Waals surface area contributed by atoms with Crippen molar-refractivity contribution in [2.45, 2.75) is 74.7 Å². The van der Waals surface area contributed by atoms with E-state index in [0.29, 0.717) is 22.0 Å². The van der Waals surface area contributed by atoms with E-state index in [0.717, 1.165) is 16.7 Å². The first-order valence-electron chi connectivity index (χ1n) is 22.5. The fourth-order valence-corrected chi connectivity index (χ4v) is 8.15. The quantitative estimate of drug-likeness (QED) is 0.0349. The number of benzene rings is 3. The molecule has 25 heteroatoms. The SMILES string of the molecule is COc1ccc(C(OC[C@H]2O[C@@H](n3cnc4c(NCCCN(CCCCN(CCCNC(=O)C(F)(F)F)C(=O)C(F)(F)F)C(=O)C(F)(F)F)ncnc43)C[C@@H]2O)(c2ccccc2)c2ccc(OC)cc2)cc1. The fourth-order valence-electron chi connectivity index (χ4n) is 8.15. The Morgan fingerprint density at radius 2 is 1.21 bits per heavy atom. The predicted octanol–water partition coefficient (Wildman–Crippen LogP) is 6.93. The molecule has 1 fully saturated rings. The molecule has 3 atom stereocenters. The Labute approximate surface area is 406 Å². The van der Waals surface area contributed by atoms with Crippen molar-refractivity contribution in [1.82, 2.24) is 34.6 Å².